The maximum Gasteiger partial charge on any atom is 0.449 e. The van der Waals surface area contributed by atoms with Gasteiger partial charge in [-0.2, -0.15) is 13.2 Å². The van der Waals surface area contributed by atoms with Crippen LogP contribution < -0.4 is 5.32 Å². The monoisotopic (exact) mass is 551 g/mol. The van der Waals surface area contributed by atoms with Gasteiger partial charge in [-0.15, -0.1) is 6.58 Å². The van der Waals surface area contributed by atoms with Crippen LogP contribution >= 0.6 is 11.6 Å². The van der Waals surface area contributed by atoms with Gasteiger partial charge in [0.1, 0.15) is 12.4 Å². The molecule has 1 amide bonds. The van der Waals surface area contributed by atoms with Crippen molar-refractivity contribution < 1.29 is 27.8 Å². The zero-order valence-corrected chi connectivity index (χ0v) is 21.8. The number of benzene rings is 1. The fraction of sp³-hybridized carbons (Fsp3) is 0.346. The van der Waals surface area contributed by atoms with Gasteiger partial charge >= 0.3 is 6.18 Å². The molecule has 204 valence electrons. The number of hydrogen-bond donors (Lipinski definition) is 3. The van der Waals surface area contributed by atoms with E-state index in [1.165, 1.54) is 18.2 Å². The van der Waals surface area contributed by atoms with Gasteiger partial charge in [0.05, 0.1) is 40.4 Å². The Hall–Kier alpha value is -3.57. The number of alkyl halides is 3. The number of aliphatic imine (C=N–C) groups is 1. The molecule has 0 saturated carbocycles. The summed E-state index contributed by atoms with van der Waals surface area (Å²) in [4.78, 5) is 25.5. The molecule has 3 N–H and O–H groups in total. The minimum Gasteiger partial charge on any atom is -0.489 e. The summed E-state index contributed by atoms with van der Waals surface area (Å²) in [6.45, 7) is 8.25. The highest BCUT2D eigenvalue weighted by atomic mass is 35.5. The number of aromatic amines is 1. The van der Waals surface area contributed by atoms with Crippen LogP contribution in [0.15, 0.2) is 70.1 Å². The lowest BCUT2D eigenvalue weighted by Crippen LogP contribution is -2.38. The van der Waals surface area contributed by atoms with Crippen molar-refractivity contribution in [3.63, 3.8) is 0 Å². The van der Waals surface area contributed by atoms with Crippen molar-refractivity contribution in [2.45, 2.75) is 32.9 Å². The molecule has 0 radical (unpaired) electrons. The van der Waals surface area contributed by atoms with Gasteiger partial charge in [-0.3, -0.25) is 9.79 Å². The molecular formula is C26H29ClF3N5O3. The number of fused-ring (bicyclic) bond motifs is 1. The second kappa shape index (κ2) is 12.8. The number of carbonyl (C=O) groups excluding carboxylic acids is 1. The summed E-state index contributed by atoms with van der Waals surface area (Å²) in [5.74, 6) is -0.820. The van der Waals surface area contributed by atoms with Crippen molar-refractivity contribution in [1.82, 2.24) is 14.9 Å². The van der Waals surface area contributed by atoms with E-state index in [2.05, 4.69) is 26.9 Å². The van der Waals surface area contributed by atoms with Crippen LogP contribution in [0.5, 0.6) is 0 Å². The number of aliphatic hydroxyl groups excluding tert-OH is 1. The van der Waals surface area contributed by atoms with E-state index in [1.54, 1.807) is 25.2 Å². The van der Waals surface area contributed by atoms with E-state index in [9.17, 15) is 23.1 Å². The molecule has 38 heavy (non-hydrogen) atoms. The Morgan fingerprint density at radius 2 is 2.16 bits per heavy atom. The van der Waals surface area contributed by atoms with Crippen molar-refractivity contribution in [3.8, 4) is 0 Å². The number of allylic oxidation sites excluding steroid dienone is 2. The van der Waals surface area contributed by atoms with Crippen LogP contribution in [0.1, 0.15) is 32.5 Å². The second-order valence-corrected chi connectivity index (χ2v) is 8.63. The number of nitrogens with zero attached hydrogens (tertiary/aromatic N) is 3. The molecule has 1 aromatic carbocycles. The van der Waals surface area contributed by atoms with Crippen LogP contribution in [0.4, 0.5) is 18.9 Å². The molecule has 0 aliphatic carbocycles. The number of H-pyrrole nitrogens is 1. The van der Waals surface area contributed by atoms with E-state index in [1.807, 2.05) is 11.8 Å². The molecule has 12 heteroatoms. The molecule has 0 spiro atoms. The van der Waals surface area contributed by atoms with Crippen molar-refractivity contribution in [2.75, 3.05) is 31.6 Å². The molecule has 8 nitrogen and oxygen atoms in total. The summed E-state index contributed by atoms with van der Waals surface area (Å²) in [6, 6.07) is 4.26. The molecule has 1 aliphatic rings. The summed E-state index contributed by atoms with van der Waals surface area (Å²) in [5.41, 5.74) is 1.41. The Morgan fingerprint density at radius 3 is 2.82 bits per heavy atom. The van der Waals surface area contributed by atoms with E-state index in [0.29, 0.717) is 48.3 Å². The van der Waals surface area contributed by atoms with Crippen LogP contribution in [0.2, 0.25) is 0 Å². The number of amidine groups is 1. The number of aromatic nitrogens is 2. The molecule has 2 heterocycles. The Labute approximate surface area is 223 Å². The van der Waals surface area contributed by atoms with Crippen LogP contribution in [0, 0.1) is 0 Å². The predicted molar refractivity (Wildman–Crippen MR) is 142 cm³/mol. The van der Waals surface area contributed by atoms with E-state index < -0.39 is 17.9 Å². The van der Waals surface area contributed by atoms with Gasteiger partial charge in [-0.05, 0) is 38.0 Å². The van der Waals surface area contributed by atoms with Crippen LogP contribution in [-0.2, 0) is 15.7 Å². The Balaban J connectivity index is 1.93. The van der Waals surface area contributed by atoms with Gasteiger partial charge in [0, 0.05) is 12.3 Å². The molecule has 0 bridgehead atoms. The zero-order valence-electron chi connectivity index (χ0n) is 21.0. The van der Waals surface area contributed by atoms with Gasteiger partial charge in [0.25, 0.3) is 5.91 Å². The third-order valence-electron chi connectivity index (χ3n) is 5.49. The number of nitrogens with one attached hydrogen (secondary N) is 2. The highest BCUT2D eigenvalue weighted by Crippen LogP contribution is 2.30. The Morgan fingerprint density at radius 1 is 1.39 bits per heavy atom. The van der Waals surface area contributed by atoms with Crippen molar-refractivity contribution in [2.24, 2.45) is 4.99 Å². The third-order valence-corrected chi connectivity index (χ3v) is 5.82. The highest BCUT2D eigenvalue weighted by Gasteiger charge is 2.35. The largest absolute Gasteiger partial charge is 0.489 e. The van der Waals surface area contributed by atoms with E-state index >= 15 is 0 Å². The van der Waals surface area contributed by atoms with Crippen molar-refractivity contribution in [1.29, 1.82) is 0 Å². The molecule has 1 aromatic heterocycles. The van der Waals surface area contributed by atoms with Gasteiger partial charge < -0.3 is 25.0 Å². The molecule has 0 unspecified atom stereocenters. The van der Waals surface area contributed by atoms with E-state index in [4.69, 9.17) is 16.3 Å². The smallest absolute Gasteiger partial charge is 0.449 e. The normalized spacial score (nSPS) is 15.7. The first-order chi connectivity index (χ1) is 18.1. The zero-order chi connectivity index (χ0) is 27.9. The van der Waals surface area contributed by atoms with Crippen molar-refractivity contribution in [3.05, 3.63) is 70.9 Å². The molecule has 0 atom stereocenters. The molecule has 0 fully saturated rings. The maximum absolute atomic E-state index is 13.3. The fourth-order valence-electron chi connectivity index (χ4n) is 3.81. The summed E-state index contributed by atoms with van der Waals surface area (Å²) in [5, 5.41) is 12.3. The topological polar surface area (TPSA) is 103 Å². The lowest BCUT2D eigenvalue weighted by atomic mass is 10.1. The highest BCUT2D eigenvalue weighted by molar-refractivity contribution is 6.43. The molecule has 1 aliphatic heterocycles. The summed E-state index contributed by atoms with van der Waals surface area (Å²) < 4.78 is 44.9. The SMILES string of the molecule is C=CCN=C(/C(Cl)=C\CCO)N1CCOC(/C(=C\CC)C(=O)Nc2ccc3nc(C(F)(F)F)[nH]c3c2)=C1C. The number of amides is 1. The quantitative estimate of drug-likeness (QED) is 0.165. The minimum absolute atomic E-state index is 0.0699. The number of hydrogen-bond acceptors (Lipinski definition) is 5. The fourth-order valence-corrected chi connectivity index (χ4v) is 4.08. The second-order valence-electron chi connectivity index (χ2n) is 8.23. The number of aliphatic hydroxyl groups is 1. The van der Waals surface area contributed by atoms with Gasteiger partial charge in [-0.1, -0.05) is 36.8 Å². The lowest BCUT2D eigenvalue weighted by Gasteiger charge is -2.33. The summed E-state index contributed by atoms with van der Waals surface area (Å²) >= 11 is 6.50. The van der Waals surface area contributed by atoms with Crippen LogP contribution in [0.3, 0.4) is 0 Å². The lowest BCUT2D eigenvalue weighted by molar-refractivity contribution is -0.144. The number of halogens is 4. The first-order valence-corrected chi connectivity index (χ1v) is 12.3. The van der Waals surface area contributed by atoms with Crippen LogP contribution in [0.25, 0.3) is 11.0 Å². The Bertz CT molecular complexity index is 1310. The van der Waals surface area contributed by atoms with Gasteiger partial charge in [-0.25, -0.2) is 4.98 Å². The summed E-state index contributed by atoms with van der Waals surface area (Å²) in [6.07, 6.45) is 1.25. The minimum atomic E-state index is -4.61. The van der Waals surface area contributed by atoms with Crippen molar-refractivity contribution >= 4 is 40.1 Å². The van der Waals surface area contributed by atoms with Crippen LogP contribution in [-0.4, -0.2) is 58.0 Å². The molecular weight excluding hydrogens is 523 g/mol. The maximum atomic E-state index is 13.3. The molecule has 3 rings (SSSR count). The molecule has 0 saturated heterocycles. The first kappa shape index (κ1) is 29.0. The number of carbonyl (C=O) groups is 1. The number of imidazole rings is 1. The van der Waals surface area contributed by atoms with Gasteiger partial charge in [0.2, 0.25) is 5.82 Å². The number of rotatable bonds is 9. The average molecular weight is 552 g/mol. The molecule has 2 aromatic rings. The number of ether oxygens (including phenoxy) is 1. The first-order valence-electron chi connectivity index (χ1n) is 11.9. The summed E-state index contributed by atoms with van der Waals surface area (Å²) in [7, 11) is 0. The average Bonchev–Trinajstić information content (AvgIpc) is 3.31. The third kappa shape index (κ3) is 6.84. The Kier molecular flexibility index (Phi) is 9.76. The standard InChI is InChI=1S/C26H29ClF3N5O3/c1-4-7-18(24(37)32-17-9-10-20-21(15-17)34-25(33-20)26(28,29)30)22-16(3)35(12-14-38-22)23(31-11-5-2)19(27)8-6-13-36/h5,7-10,15,36H,2,4,6,11-14H2,1,3H3,(H,32,37)(H,33,34)/b18-7+,19-8+,31-23?. The van der Waals surface area contributed by atoms with E-state index in [-0.39, 0.29) is 35.5 Å². The van der Waals surface area contributed by atoms with Gasteiger partial charge in [0.15, 0.2) is 5.76 Å². The predicted octanol–water partition coefficient (Wildman–Crippen LogP) is 5.51. The number of anilines is 1. The van der Waals surface area contributed by atoms with E-state index in [0.717, 1.165) is 0 Å².